The van der Waals surface area contributed by atoms with E-state index in [-0.39, 0.29) is 11.4 Å². The van der Waals surface area contributed by atoms with Crippen LogP contribution in [0.25, 0.3) is 0 Å². The Balaban J connectivity index is 3.05. The zero-order valence-electron chi connectivity index (χ0n) is 9.73. The maximum absolute atomic E-state index is 12.0. The van der Waals surface area contributed by atoms with E-state index in [1.54, 1.807) is 12.1 Å². The highest BCUT2D eigenvalue weighted by atomic mass is 32.2. The van der Waals surface area contributed by atoms with Gasteiger partial charge in [-0.25, -0.2) is 13.1 Å². The zero-order valence-corrected chi connectivity index (χ0v) is 10.5. The second-order valence-electron chi connectivity index (χ2n) is 3.57. The molecule has 1 aromatic carbocycles. The molecule has 0 spiro atoms. The van der Waals surface area contributed by atoms with Crippen molar-refractivity contribution in [2.75, 3.05) is 12.3 Å². The van der Waals surface area contributed by atoms with E-state index in [0.29, 0.717) is 18.5 Å². The molecule has 0 fully saturated rings. The Labute approximate surface area is 102 Å². The molecule has 3 N–H and O–H groups in total. The molecule has 0 aliphatic heterocycles. The molecular weight excluding hydrogens is 236 g/mol. The number of hydrogen-bond donors (Lipinski definition) is 2. The number of nitrogen functional groups attached to an aromatic ring is 1. The fourth-order valence-corrected chi connectivity index (χ4v) is 2.82. The number of aryl methyl sites for hydroxylation is 1. The van der Waals surface area contributed by atoms with E-state index in [4.69, 9.17) is 12.2 Å². The van der Waals surface area contributed by atoms with Crippen molar-refractivity contribution in [2.24, 2.45) is 0 Å². The van der Waals surface area contributed by atoms with Crippen LogP contribution in [0.1, 0.15) is 18.9 Å². The van der Waals surface area contributed by atoms with Crippen LogP contribution in [0.5, 0.6) is 0 Å². The van der Waals surface area contributed by atoms with Crippen LogP contribution < -0.4 is 10.5 Å². The lowest BCUT2D eigenvalue weighted by molar-refractivity contribution is 0.581. The molecule has 0 saturated heterocycles. The molecule has 0 unspecified atom stereocenters. The van der Waals surface area contributed by atoms with E-state index in [1.165, 1.54) is 6.07 Å². The minimum Gasteiger partial charge on any atom is -0.399 e. The molecule has 0 aliphatic carbocycles. The molecule has 0 aliphatic rings. The Morgan fingerprint density at radius 2 is 2.18 bits per heavy atom. The summed E-state index contributed by atoms with van der Waals surface area (Å²) >= 11 is 0. The Bertz CT molecular complexity index is 530. The summed E-state index contributed by atoms with van der Waals surface area (Å²) in [5, 5.41) is 0. The summed E-state index contributed by atoms with van der Waals surface area (Å²) in [6.45, 7) is 2.13. The van der Waals surface area contributed by atoms with Crippen molar-refractivity contribution in [3.63, 3.8) is 0 Å². The van der Waals surface area contributed by atoms with Gasteiger partial charge in [0.15, 0.2) is 0 Å². The average Bonchev–Trinajstić information content (AvgIpc) is 2.29. The second-order valence-corrected chi connectivity index (χ2v) is 5.31. The molecule has 17 heavy (non-hydrogen) atoms. The van der Waals surface area contributed by atoms with Crippen molar-refractivity contribution >= 4 is 15.7 Å². The lowest BCUT2D eigenvalue weighted by Gasteiger charge is -2.10. The van der Waals surface area contributed by atoms with Crippen LogP contribution in [-0.4, -0.2) is 15.0 Å². The maximum Gasteiger partial charge on any atom is 0.240 e. The van der Waals surface area contributed by atoms with Gasteiger partial charge in [0.2, 0.25) is 10.0 Å². The zero-order chi connectivity index (χ0) is 12.9. The molecule has 1 aromatic rings. The summed E-state index contributed by atoms with van der Waals surface area (Å²) in [6.07, 6.45) is 6.07. The van der Waals surface area contributed by atoms with Crippen LogP contribution in [0.2, 0.25) is 0 Å². The first-order valence-electron chi connectivity index (χ1n) is 5.32. The monoisotopic (exact) mass is 252 g/mol. The minimum absolute atomic E-state index is 0.233. The average molecular weight is 252 g/mol. The third kappa shape index (κ3) is 3.48. The van der Waals surface area contributed by atoms with E-state index >= 15 is 0 Å². The topological polar surface area (TPSA) is 72.2 Å². The van der Waals surface area contributed by atoms with Crippen LogP contribution in [-0.2, 0) is 16.4 Å². The van der Waals surface area contributed by atoms with Gasteiger partial charge in [0, 0.05) is 18.7 Å². The summed E-state index contributed by atoms with van der Waals surface area (Å²) in [6, 6.07) is 4.89. The van der Waals surface area contributed by atoms with Crippen molar-refractivity contribution in [3.05, 3.63) is 23.8 Å². The predicted molar refractivity (Wildman–Crippen MR) is 68.9 cm³/mol. The number of nitrogens with one attached hydrogen (secondary N) is 1. The van der Waals surface area contributed by atoms with Crippen molar-refractivity contribution < 1.29 is 8.42 Å². The van der Waals surface area contributed by atoms with E-state index < -0.39 is 10.0 Å². The van der Waals surface area contributed by atoms with Gasteiger partial charge in [-0.05, 0) is 24.1 Å². The Hall–Kier alpha value is -1.51. The first-order chi connectivity index (χ1) is 8.01. The predicted octanol–water partition coefficient (Wildman–Crippen LogP) is 1.13. The summed E-state index contributed by atoms with van der Waals surface area (Å²) in [5.41, 5.74) is 6.78. The SMILES string of the molecule is C#CCCNS(=O)(=O)c1cc(N)ccc1CC. The van der Waals surface area contributed by atoms with Gasteiger partial charge in [-0.15, -0.1) is 12.3 Å². The van der Waals surface area contributed by atoms with Crippen LogP contribution in [0, 0.1) is 12.3 Å². The van der Waals surface area contributed by atoms with Crippen LogP contribution in [0.3, 0.4) is 0 Å². The van der Waals surface area contributed by atoms with Crippen LogP contribution in [0.4, 0.5) is 5.69 Å². The Kier molecular flexibility index (Phi) is 4.55. The van der Waals surface area contributed by atoms with E-state index in [9.17, 15) is 8.42 Å². The summed E-state index contributed by atoms with van der Waals surface area (Å²) in [4.78, 5) is 0.233. The second kappa shape index (κ2) is 5.71. The minimum atomic E-state index is -3.52. The van der Waals surface area contributed by atoms with E-state index in [0.717, 1.165) is 5.56 Å². The highest BCUT2D eigenvalue weighted by Gasteiger charge is 2.17. The molecule has 92 valence electrons. The van der Waals surface area contributed by atoms with Crippen LogP contribution >= 0.6 is 0 Å². The molecule has 0 aromatic heterocycles. The van der Waals surface area contributed by atoms with Crippen LogP contribution in [0.15, 0.2) is 23.1 Å². The maximum atomic E-state index is 12.0. The fraction of sp³-hybridized carbons (Fsp3) is 0.333. The fourth-order valence-electron chi connectivity index (χ4n) is 1.45. The van der Waals surface area contributed by atoms with Gasteiger partial charge in [0.25, 0.3) is 0 Å². The number of nitrogens with two attached hydrogens (primary N) is 1. The van der Waals surface area contributed by atoms with Gasteiger partial charge >= 0.3 is 0 Å². The van der Waals surface area contributed by atoms with Gasteiger partial charge in [-0.1, -0.05) is 13.0 Å². The number of terminal acetylenes is 1. The molecular formula is C12H16N2O2S. The number of rotatable bonds is 5. The molecule has 5 heteroatoms. The first-order valence-corrected chi connectivity index (χ1v) is 6.81. The molecule has 0 atom stereocenters. The van der Waals surface area contributed by atoms with Gasteiger partial charge in [-0.3, -0.25) is 0 Å². The Morgan fingerprint density at radius 3 is 2.76 bits per heavy atom. The van der Waals surface area contributed by atoms with E-state index in [2.05, 4.69) is 10.6 Å². The largest absolute Gasteiger partial charge is 0.399 e. The summed E-state index contributed by atoms with van der Waals surface area (Å²) in [5.74, 6) is 2.38. The lowest BCUT2D eigenvalue weighted by atomic mass is 10.1. The van der Waals surface area contributed by atoms with Crippen molar-refractivity contribution in [1.82, 2.24) is 4.72 Å². The molecule has 0 radical (unpaired) electrons. The van der Waals surface area contributed by atoms with Crippen molar-refractivity contribution in [2.45, 2.75) is 24.7 Å². The molecule has 1 rings (SSSR count). The van der Waals surface area contributed by atoms with Gasteiger partial charge < -0.3 is 5.73 Å². The molecule has 0 saturated carbocycles. The number of hydrogen-bond acceptors (Lipinski definition) is 3. The molecule has 4 nitrogen and oxygen atoms in total. The first kappa shape index (κ1) is 13.6. The van der Waals surface area contributed by atoms with Gasteiger partial charge in [0.05, 0.1) is 4.90 Å². The molecule has 0 amide bonds. The highest BCUT2D eigenvalue weighted by molar-refractivity contribution is 7.89. The number of benzene rings is 1. The quantitative estimate of drug-likeness (QED) is 0.469. The third-order valence-corrected chi connectivity index (χ3v) is 3.87. The third-order valence-electron chi connectivity index (χ3n) is 2.32. The van der Waals surface area contributed by atoms with E-state index in [1.807, 2.05) is 6.92 Å². The molecule has 0 bridgehead atoms. The molecule has 0 heterocycles. The normalized spacial score (nSPS) is 11.1. The standard InChI is InChI=1S/C12H16N2O2S/c1-3-5-8-14-17(15,16)12-9-11(13)7-6-10(12)4-2/h1,6-7,9,14H,4-5,8,13H2,2H3. The Morgan fingerprint density at radius 1 is 1.47 bits per heavy atom. The highest BCUT2D eigenvalue weighted by Crippen LogP contribution is 2.19. The smallest absolute Gasteiger partial charge is 0.240 e. The number of anilines is 1. The summed E-state index contributed by atoms with van der Waals surface area (Å²) < 4.78 is 26.5. The number of sulfonamides is 1. The van der Waals surface area contributed by atoms with Gasteiger partial charge in [-0.2, -0.15) is 0 Å². The van der Waals surface area contributed by atoms with Crippen molar-refractivity contribution in [1.29, 1.82) is 0 Å². The lowest BCUT2D eigenvalue weighted by Crippen LogP contribution is -2.25. The van der Waals surface area contributed by atoms with Crippen molar-refractivity contribution in [3.8, 4) is 12.3 Å². The summed E-state index contributed by atoms with van der Waals surface area (Å²) in [7, 11) is -3.52. The van der Waals surface area contributed by atoms with Gasteiger partial charge in [0.1, 0.15) is 0 Å².